The molecule has 0 saturated carbocycles. The molecule has 0 aliphatic rings. The van der Waals surface area contributed by atoms with Crippen molar-refractivity contribution in [2.75, 3.05) is 7.11 Å². The molecule has 5 heteroatoms. The number of hydrogen-bond acceptors (Lipinski definition) is 3. The number of methoxy groups -OCH3 is 1. The number of aryl methyl sites for hydroxylation is 1. The van der Waals surface area contributed by atoms with Gasteiger partial charge in [-0.1, -0.05) is 31.2 Å². The summed E-state index contributed by atoms with van der Waals surface area (Å²) >= 11 is 0. The molecule has 0 atom stereocenters. The lowest BCUT2D eigenvalue weighted by Gasteiger charge is -2.22. The molecule has 27 heavy (non-hydrogen) atoms. The van der Waals surface area contributed by atoms with Crippen LogP contribution in [0.1, 0.15) is 30.0 Å². The molecule has 0 aliphatic heterocycles. The Hall–Kier alpha value is -3.08. The van der Waals surface area contributed by atoms with Crippen molar-refractivity contribution in [2.45, 2.75) is 33.4 Å². The van der Waals surface area contributed by atoms with E-state index in [1.165, 1.54) is 0 Å². The van der Waals surface area contributed by atoms with Crippen LogP contribution in [-0.2, 0) is 17.9 Å². The van der Waals surface area contributed by atoms with E-state index in [1.807, 2.05) is 62.4 Å². The van der Waals surface area contributed by atoms with Crippen molar-refractivity contribution >= 4 is 16.8 Å². The van der Waals surface area contributed by atoms with Crippen molar-refractivity contribution in [1.29, 1.82) is 0 Å². The summed E-state index contributed by atoms with van der Waals surface area (Å²) in [7, 11) is 1.62. The highest BCUT2D eigenvalue weighted by molar-refractivity contribution is 5.80. The molecule has 3 aromatic rings. The highest BCUT2D eigenvalue weighted by Gasteiger charge is 2.15. The Morgan fingerprint density at radius 2 is 1.81 bits per heavy atom. The average Bonchev–Trinajstić information content (AvgIpc) is 2.68. The molecular formula is C22H24N2O3. The normalized spacial score (nSPS) is 10.8. The van der Waals surface area contributed by atoms with E-state index < -0.39 is 0 Å². The number of amides is 1. The number of fused-ring (bicyclic) bond motifs is 1. The van der Waals surface area contributed by atoms with E-state index >= 15 is 0 Å². The fraction of sp³-hybridized carbons (Fsp3) is 0.273. The van der Waals surface area contributed by atoms with Crippen LogP contribution < -0.4 is 10.3 Å². The SMILES string of the molecule is CCC(=O)N(Cc1ccc(OC)cc1)Cc1cc2ccc(C)cc2[nH]c1=O. The van der Waals surface area contributed by atoms with Gasteiger partial charge in [0.25, 0.3) is 5.56 Å². The number of benzene rings is 2. The summed E-state index contributed by atoms with van der Waals surface area (Å²) in [4.78, 5) is 29.6. The standard InChI is InChI=1S/C22H24N2O3/c1-4-21(25)24(13-16-6-9-19(27-3)10-7-16)14-18-12-17-8-5-15(2)11-20(17)23-22(18)26/h5-12H,4,13-14H2,1-3H3,(H,23,26). The minimum absolute atomic E-state index is 0.00854. The van der Waals surface area contributed by atoms with Crippen LogP contribution in [0.5, 0.6) is 5.75 Å². The molecule has 0 unspecified atom stereocenters. The molecule has 5 nitrogen and oxygen atoms in total. The molecule has 1 N–H and O–H groups in total. The highest BCUT2D eigenvalue weighted by atomic mass is 16.5. The second-order valence-electron chi connectivity index (χ2n) is 6.67. The van der Waals surface area contributed by atoms with Gasteiger partial charge in [-0.3, -0.25) is 9.59 Å². The first kappa shape index (κ1) is 18.7. The molecule has 0 spiro atoms. The van der Waals surface area contributed by atoms with Crippen LogP contribution >= 0.6 is 0 Å². The van der Waals surface area contributed by atoms with Gasteiger partial charge >= 0.3 is 0 Å². The second kappa shape index (κ2) is 8.08. The van der Waals surface area contributed by atoms with Crippen LogP contribution in [0.3, 0.4) is 0 Å². The van der Waals surface area contributed by atoms with Gasteiger partial charge in [0, 0.05) is 24.0 Å². The number of aromatic amines is 1. The van der Waals surface area contributed by atoms with Crippen molar-refractivity contribution < 1.29 is 9.53 Å². The van der Waals surface area contributed by atoms with Crippen LogP contribution in [0.4, 0.5) is 0 Å². The number of carbonyl (C=O) groups is 1. The second-order valence-corrected chi connectivity index (χ2v) is 6.67. The molecular weight excluding hydrogens is 340 g/mol. The summed E-state index contributed by atoms with van der Waals surface area (Å²) in [5, 5.41) is 0.962. The summed E-state index contributed by atoms with van der Waals surface area (Å²) in [5.41, 5.74) is 3.32. The van der Waals surface area contributed by atoms with E-state index in [1.54, 1.807) is 12.0 Å². The first-order chi connectivity index (χ1) is 13.0. The number of nitrogens with zero attached hydrogens (tertiary/aromatic N) is 1. The van der Waals surface area contributed by atoms with Gasteiger partial charge in [0.1, 0.15) is 5.75 Å². The predicted molar refractivity (Wildman–Crippen MR) is 107 cm³/mol. The smallest absolute Gasteiger partial charge is 0.253 e. The largest absolute Gasteiger partial charge is 0.497 e. The van der Waals surface area contributed by atoms with Crippen molar-refractivity contribution in [2.24, 2.45) is 0 Å². The molecule has 0 radical (unpaired) electrons. The Kier molecular flexibility index (Phi) is 5.60. The number of rotatable bonds is 6. The third-order valence-corrected chi connectivity index (χ3v) is 4.63. The Bertz CT molecular complexity index is 1010. The molecule has 1 aromatic heterocycles. The van der Waals surface area contributed by atoms with Gasteiger partial charge in [-0.15, -0.1) is 0 Å². The fourth-order valence-corrected chi connectivity index (χ4v) is 3.09. The van der Waals surface area contributed by atoms with Crippen LogP contribution in [0.25, 0.3) is 10.9 Å². The minimum Gasteiger partial charge on any atom is -0.497 e. The first-order valence-electron chi connectivity index (χ1n) is 9.03. The zero-order valence-corrected chi connectivity index (χ0v) is 15.9. The fourth-order valence-electron chi connectivity index (χ4n) is 3.09. The van der Waals surface area contributed by atoms with Gasteiger partial charge in [0.2, 0.25) is 5.91 Å². The van der Waals surface area contributed by atoms with E-state index in [9.17, 15) is 9.59 Å². The van der Waals surface area contributed by atoms with Crippen LogP contribution in [-0.4, -0.2) is 22.9 Å². The summed E-state index contributed by atoms with van der Waals surface area (Å²) in [6.45, 7) is 4.54. The number of nitrogens with one attached hydrogen (secondary N) is 1. The van der Waals surface area contributed by atoms with Gasteiger partial charge in [0.15, 0.2) is 0 Å². The molecule has 0 saturated heterocycles. The summed E-state index contributed by atoms with van der Waals surface area (Å²) in [6, 6.07) is 15.4. The van der Waals surface area contributed by atoms with Gasteiger partial charge in [-0.25, -0.2) is 0 Å². The topological polar surface area (TPSA) is 62.4 Å². The summed E-state index contributed by atoms with van der Waals surface area (Å²) in [5.74, 6) is 0.780. The Labute approximate surface area is 158 Å². The van der Waals surface area contributed by atoms with Gasteiger partial charge in [-0.2, -0.15) is 0 Å². The lowest BCUT2D eigenvalue weighted by molar-refractivity contribution is -0.132. The van der Waals surface area contributed by atoms with E-state index in [4.69, 9.17) is 4.74 Å². The Balaban J connectivity index is 1.88. The van der Waals surface area contributed by atoms with E-state index in [2.05, 4.69) is 4.98 Å². The number of H-pyrrole nitrogens is 1. The first-order valence-corrected chi connectivity index (χ1v) is 9.03. The van der Waals surface area contributed by atoms with E-state index in [-0.39, 0.29) is 18.0 Å². The van der Waals surface area contributed by atoms with E-state index in [0.717, 1.165) is 27.8 Å². The zero-order chi connectivity index (χ0) is 19.4. The molecule has 3 rings (SSSR count). The molecule has 0 aliphatic carbocycles. The predicted octanol–water partition coefficient (Wildman–Crippen LogP) is 3.78. The molecule has 0 bridgehead atoms. The molecule has 140 valence electrons. The third kappa shape index (κ3) is 4.37. The third-order valence-electron chi connectivity index (χ3n) is 4.63. The Morgan fingerprint density at radius 3 is 2.48 bits per heavy atom. The number of pyridine rings is 1. The lowest BCUT2D eigenvalue weighted by atomic mass is 10.1. The van der Waals surface area contributed by atoms with Crippen molar-refractivity contribution in [3.63, 3.8) is 0 Å². The molecule has 1 amide bonds. The van der Waals surface area contributed by atoms with Crippen LogP contribution in [0, 0.1) is 6.92 Å². The van der Waals surface area contributed by atoms with Crippen LogP contribution in [0.2, 0.25) is 0 Å². The monoisotopic (exact) mass is 364 g/mol. The molecule has 0 fully saturated rings. The maximum atomic E-state index is 12.5. The highest BCUT2D eigenvalue weighted by Crippen LogP contribution is 2.17. The van der Waals surface area contributed by atoms with Crippen molar-refractivity contribution in [1.82, 2.24) is 9.88 Å². The maximum Gasteiger partial charge on any atom is 0.253 e. The van der Waals surface area contributed by atoms with Gasteiger partial charge < -0.3 is 14.6 Å². The quantitative estimate of drug-likeness (QED) is 0.724. The van der Waals surface area contributed by atoms with Gasteiger partial charge in [0.05, 0.1) is 13.7 Å². The number of aromatic nitrogens is 1. The molecule has 2 aromatic carbocycles. The van der Waals surface area contributed by atoms with Crippen molar-refractivity contribution in [3.8, 4) is 5.75 Å². The Morgan fingerprint density at radius 1 is 1.07 bits per heavy atom. The average molecular weight is 364 g/mol. The number of carbonyl (C=O) groups excluding carboxylic acids is 1. The molecule has 1 heterocycles. The minimum atomic E-state index is -0.156. The van der Waals surface area contributed by atoms with Gasteiger partial charge in [-0.05, 0) is 47.7 Å². The summed E-state index contributed by atoms with van der Waals surface area (Å²) < 4.78 is 5.18. The van der Waals surface area contributed by atoms with Crippen LogP contribution in [0.15, 0.2) is 53.3 Å². The lowest BCUT2D eigenvalue weighted by Crippen LogP contribution is -2.31. The van der Waals surface area contributed by atoms with Crippen molar-refractivity contribution in [3.05, 3.63) is 75.6 Å². The van der Waals surface area contributed by atoms with E-state index in [0.29, 0.717) is 18.5 Å². The maximum absolute atomic E-state index is 12.5. The summed E-state index contributed by atoms with van der Waals surface area (Å²) in [6.07, 6.45) is 0.390. The number of hydrogen-bond donors (Lipinski definition) is 1. The zero-order valence-electron chi connectivity index (χ0n) is 15.9. The number of ether oxygens (including phenoxy) is 1.